The standard InChI is InChI=1S/C7H9NS2/c1-5-3-4-6(10-5)7(8)9-2/h3-4,8H,1-2H3. The molecule has 0 saturated heterocycles. The van der Waals surface area contributed by atoms with Crippen LogP contribution < -0.4 is 0 Å². The number of nitrogens with one attached hydrogen (secondary N) is 1. The van der Waals surface area contributed by atoms with E-state index < -0.39 is 0 Å². The SMILES string of the molecule is CSC(=N)c1ccc(C)s1. The van der Waals surface area contributed by atoms with Crippen LogP contribution in [0.4, 0.5) is 0 Å². The Bertz CT molecular complexity index is 240. The summed E-state index contributed by atoms with van der Waals surface area (Å²) in [6, 6.07) is 4.05. The van der Waals surface area contributed by atoms with Crippen LogP contribution in [0.15, 0.2) is 12.1 Å². The summed E-state index contributed by atoms with van der Waals surface area (Å²) < 4.78 is 0. The number of thiophene rings is 1. The second-order valence-electron chi connectivity index (χ2n) is 1.94. The Morgan fingerprint density at radius 1 is 1.60 bits per heavy atom. The van der Waals surface area contributed by atoms with Gasteiger partial charge >= 0.3 is 0 Å². The molecule has 54 valence electrons. The van der Waals surface area contributed by atoms with Gasteiger partial charge in [-0.3, -0.25) is 5.41 Å². The summed E-state index contributed by atoms with van der Waals surface area (Å²) in [6.45, 7) is 2.06. The van der Waals surface area contributed by atoms with Gasteiger partial charge in [-0.05, 0) is 25.3 Å². The first kappa shape index (κ1) is 7.82. The highest BCUT2D eigenvalue weighted by Gasteiger charge is 2.00. The maximum atomic E-state index is 7.47. The Balaban J connectivity index is 2.85. The zero-order chi connectivity index (χ0) is 7.56. The van der Waals surface area contributed by atoms with Crippen LogP contribution in [-0.2, 0) is 0 Å². The van der Waals surface area contributed by atoms with Crippen molar-refractivity contribution in [2.45, 2.75) is 6.92 Å². The van der Waals surface area contributed by atoms with Gasteiger partial charge in [-0.15, -0.1) is 23.1 Å². The van der Waals surface area contributed by atoms with E-state index in [1.807, 2.05) is 18.4 Å². The molecule has 0 fully saturated rings. The second kappa shape index (κ2) is 3.21. The van der Waals surface area contributed by atoms with Gasteiger partial charge < -0.3 is 0 Å². The van der Waals surface area contributed by atoms with Gasteiger partial charge in [0.2, 0.25) is 0 Å². The molecule has 0 spiro atoms. The summed E-state index contributed by atoms with van der Waals surface area (Å²) in [6.07, 6.45) is 1.93. The zero-order valence-electron chi connectivity index (χ0n) is 5.97. The fourth-order valence-corrected chi connectivity index (χ4v) is 2.01. The molecule has 1 rings (SSSR count). The Morgan fingerprint density at radius 2 is 2.30 bits per heavy atom. The van der Waals surface area contributed by atoms with E-state index in [4.69, 9.17) is 5.41 Å². The summed E-state index contributed by atoms with van der Waals surface area (Å²) in [7, 11) is 0. The molecule has 1 heterocycles. The summed E-state index contributed by atoms with van der Waals surface area (Å²) in [5.74, 6) is 0. The minimum Gasteiger partial charge on any atom is -0.293 e. The molecule has 0 unspecified atom stereocenters. The maximum absolute atomic E-state index is 7.47. The van der Waals surface area contributed by atoms with Crippen LogP contribution >= 0.6 is 23.1 Å². The monoisotopic (exact) mass is 171 g/mol. The minimum atomic E-state index is 0.665. The third-order valence-electron chi connectivity index (χ3n) is 1.17. The summed E-state index contributed by atoms with van der Waals surface area (Å²) in [5.41, 5.74) is 0. The fraction of sp³-hybridized carbons (Fsp3) is 0.286. The Morgan fingerprint density at radius 3 is 2.70 bits per heavy atom. The smallest absolute Gasteiger partial charge is 0.104 e. The first-order valence-electron chi connectivity index (χ1n) is 2.93. The van der Waals surface area contributed by atoms with Gasteiger partial charge in [0.25, 0.3) is 0 Å². The summed E-state index contributed by atoms with van der Waals surface area (Å²) >= 11 is 3.16. The minimum absolute atomic E-state index is 0.665. The normalized spacial score (nSPS) is 9.80. The molecule has 0 bridgehead atoms. The van der Waals surface area contributed by atoms with E-state index in [1.165, 1.54) is 16.6 Å². The zero-order valence-corrected chi connectivity index (χ0v) is 7.60. The lowest BCUT2D eigenvalue weighted by atomic mass is 10.4. The van der Waals surface area contributed by atoms with Crippen molar-refractivity contribution in [2.75, 3.05) is 6.26 Å². The largest absolute Gasteiger partial charge is 0.293 e. The molecule has 10 heavy (non-hydrogen) atoms. The predicted octanol–water partition coefficient (Wildman–Crippen LogP) is 2.74. The number of hydrogen-bond acceptors (Lipinski definition) is 3. The molecule has 1 nitrogen and oxygen atoms in total. The number of aryl methyl sites for hydroxylation is 1. The lowest BCUT2D eigenvalue weighted by molar-refractivity contribution is 1.56. The Labute approximate surface area is 69.0 Å². The van der Waals surface area contributed by atoms with Crippen LogP contribution in [0.25, 0.3) is 0 Å². The van der Waals surface area contributed by atoms with Crippen molar-refractivity contribution in [1.29, 1.82) is 5.41 Å². The fourth-order valence-electron chi connectivity index (χ4n) is 0.657. The number of hydrogen-bond donors (Lipinski definition) is 1. The Hall–Kier alpha value is -0.280. The summed E-state index contributed by atoms with van der Waals surface area (Å²) in [5, 5.41) is 8.13. The van der Waals surface area contributed by atoms with E-state index in [0.29, 0.717) is 5.04 Å². The van der Waals surface area contributed by atoms with E-state index >= 15 is 0 Å². The van der Waals surface area contributed by atoms with Gasteiger partial charge in [0.1, 0.15) is 5.04 Å². The second-order valence-corrected chi connectivity index (χ2v) is 4.05. The predicted molar refractivity (Wildman–Crippen MR) is 49.4 cm³/mol. The molecule has 0 aliphatic heterocycles. The molecule has 0 radical (unpaired) electrons. The van der Waals surface area contributed by atoms with Crippen molar-refractivity contribution in [2.24, 2.45) is 0 Å². The van der Waals surface area contributed by atoms with Gasteiger partial charge in [0.05, 0.1) is 4.88 Å². The molecule has 3 heteroatoms. The topological polar surface area (TPSA) is 23.9 Å². The third kappa shape index (κ3) is 1.61. The van der Waals surface area contributed by atoms with Crippen LogP contribution in [0.3, 0.4) is 0 Å². The van der Waals surface area contributed by atoms with Gasteiger partial charge in [0.15, 0.2) is 0 Å². The molecule has 0 aliphatic carbocycles. The Kier molecular flexibility index (Phi) is 2.51. The van der Waals surface area contributed by atoms with Crippen molar-refractivity contribution in [3.05, 3.63) is 21.9 Å². The molecule has 0 aliphatic rings. The van der Waals surface area contributed by atoms with Crippen LogP contribution in [0.2, 0.25) is 0 Å². The molecule has 1 aromatic heterocycles. The van der Waals surface area contributed by atoms with Crippen molar-refractivity contribution in [3.63, 3.8) is 0 Å². The lowest BCUT2D eigenvalue weighted by Gasteiger charge is -1.91. The van der Waals surface area contributed by atoms with Crippen LogP contribution in [-0.4, -0.2) is 11.3 Å². The van der Waals surface area contributed by atoms with Gasteiger partial charge in [-0.2, -0.15) is 0 Å². The molecule has 0 aromatic carbocycles. The number of thioether (sulfide) groups is 1. The number of rotatable bonds is 1. The van der Waals surface area contributed by atoms with Crippen LogP contribution in [0.1, 0.15) is 9.75 Å². The van der Waals surface area contributed by atoms with E-state index in [9.17, 15) is 0 Å². The van der Waals surface area contributed by atoms with Crippen molar-refractivity contribution in [3.8, 4) is 0 Å². The molecule has 1 aromatic rings. The highest BCUT2D eigenvalue weighted by Crippen LogP contribution is 2.19. The van der Waals surface area contributed by atoms with E-state index in [-0.39, 0.29) is 0 Å². The molecule has 1 N–H and O–H groups in total. The average molecular weight is 171 g/mol. The van der Waals surface area contributed by atoms with Gasteiger partial charge in [-0.1, -0.05) is 0 Å². The van der Waals surface area contributed by atoms with E-state index in [1.54, 1.807) is 11.3 Å². The average Bonchev–Trinajstić information content (AvgIpc) is 2.34. The molecule has 0 amide bonds. The summed E-state index contributed by atoms with van der Waals surface area (Å²) in [4.78, 5) is 2.35. The third-order valence-corrected chi connectivity index (χ3v) is 2.94. The maximum Gasteiger partial charge on any atom is 0.104 e. The quantitative estimate of drug-likeness (QED) is 0.510. The first-order chi connectivity index (χ1) is 4.74. The first-order valence-corrected chi connectivity index (χ1v) is 4.97. The molecule has 0 atom stereocenters. The van der Waals surface area contributed by atoms with Crippen molar-refractivity contribution < 1.29 is 0 Å². The van der Waals surface area contributed by atoms with E-state index in [2.05, 4.69) is 6.92 Å². The molecular weight excluding hydrogens is 162 g/mol. The van der Waals surface area contributed by atoms with Crippen LogP contribution in [0, 0.1) is 12.3 Å². The highest BCUT2D eigenvalue weighted by molar-refractivity contribution is 8.14. The van der Waals surface area contributed by atoms with Crippen molar-refractivity contribution >= 4 is 28.1 Å². The van der Waals surface area contributed by atoms with Crippen LogP contribution in [0.5, 0.6) is 0 Å². The van der Waals surface area contributed by atoms with Gasteiger partial charge in [-0.25, -0.2) is 0 Å². The lowest BCUT2D eigenvalue weighted by Crippen LogP contribution is -1.84. The molecular formula is C7H9NS2. The van der Waals surface area contributed by atoms with Gasteiger partial charge in [0, 0.05) is 4.88 Å². The van der Waals surface area contributed by atoms with Crippen molar-refractivity contribution in [1.82, 2.24) is 0 Å². The van der Waals surface area contributed by atoms with E-state index in [0.717, 1.165) is 4.88 Å². The molecule has 0 saturated carbocycles. The highest BCUT2D eigenvalue weighted by atomic mass is 32.2.